The third kappa shape index (κ3) is 8.05. The van der Waals surface area contributed by atoms with Crippen molar-refractivity contribution in [2.24, 2.45) is 47.3 Å². The van der Waals surface area contributed by atoms with Gasteiger partial charge in [-0.2, -0.15) is 0 Å². The molecule has 6 saturated carbocycles. The number of hydrogen-bond donors (Lipinski definition) is 5. The highest BCUT2D eigenvalue weighted by molar-refractivity contribution is 6.01. The molecule has 2 aliphatic heterocycles. The number of nitrogens with one attached hydrogen (secondary N) is 3. The van der Waals surface area contributed by atoms with Crippen molar-refractivity contribution >= 4 is 23.6 Å². The number of carbonyl (C=O) groups is 4. The first kappa shape index (κ1) is 34.8. The minimum Gasteiger partial charge on any atom is -0.393 e. The number of piperidine rings is 2. The molecule has 47 heavy (non-hydrogen) atoms. The Bertz CT molecular complexity index is 1030. The van der Waals surface area contributed by atoms with Crippen LogP contribution in [0.25, 0.3) is 0 Å². The molecule has 8 rings (SSSR count). The third-order valence-corrected chi connectivity index (χ3v) is 12.8. The summed E-state index contributed by atoms with van der Waals surface area (Å²) in [5.74, 6) is -5.13. The molecule has 5 N–H and O–H groups in total. The van der Waals surface area contributed by atoms with Crippen LogP contribution in [0.5, 0.6) is 0 Å². The maximum absolute atomic E-state index is 14.0. The summed E-state index contributed by atoms with van der Waals surface area (Å²) in [7, 11) is 0. The van der Waals surface area contributed by atoms with Gasteiger partial charge in [0, 0.05) is 13.1 Å². The lowest BCUT2D eigenvalue weighted by Crippen LogP contribution is -2.61. The zero-order valence-corrected chi connectivity index (χ0v) is 28.3. The third-order valence-electron chi connectivity index (χ3n) is 12.8. The zero-order valence-electron chi connectivity index (χ0n) is 28.3. The van der Waals surface area contributed by atoms with E-state index in [1.807, 2.05) is 0 Å². The van der Waals surface area contributed by atoms with Gasteiger partial charge in [0.25, 0.3) is 0 Å². The lowest BCUT2D eigenvalue weighted by Gasteiger charge is -2.50. The van der Waals surface area contributed by atoms with E-state index in [9.17, 15) is 29.4 Å². The van der Waals surface area contributed by atoms with Gasteiger partial charge >= 0.3 is 0 Å². The summed E-state index contributed by atoms with van der Waals surface area (Å²) >= 11 is 0. The molecule has 10 unspecified atom stereocenters. The van der Waals surface area contributed by atoms with Crippen LogP contribution in [0.1, 0.15) is 89.9 Å². The monoisotopic (exact) mass is 657 g/mol. The lowest BCUT2D eigenvalue weighted by molar-refractivity contribution is -0.162. The van der Waals surface area contributed by atoms with Crippen molar-refractivity contribution in [1.82, 2.24) is 25.8 Å². The molecule has 4 amide bonds. The van der Waals surface area contributed by atoms with E-state index in [-0.39, 0.29) is 35.5 Å². The molecule has 10 atom stereocenters. The molecule has 11 nitrogen and oxygen atoms in total. The Morgan fingerprint density at radius 3 is 1.32 bits per heavy atom. The number of likely N-dealkylation sites (tertiary alicyclic amines) is 2. The maximum Gasteiger partial charge on any atom is 0.230 e. The minimum absolute atomic E-state index is 0.112. The van der Waals surface area contributed by atoms with Gasteiger partial charge in [-0.15, -0.1) is 0 Å². The Morgan fingerprint density at radius 2 is 0.936 bits per heavy atom. The highest BCUT2D eigenvalue weighted by Crippen LogP contribution is 2.51. The van der Waals surface area contributed by atoms with Crippen molar-refractivity contribution in [3.63, 3.8) is 0 Å². The molecule has 0 radical (unpaired) electrons. The molecule has 2 saturated heterocycles. The fourth-order valence-electron chi connectivity index (χ4n) is 10.4. The van der Waals surface area contributed by atoms with Crippen LogP contribution in [0.15, 0.2) is 0 Å². The van der Waals surface area contributed by atoms with Gasteiger partial charge in [0.2, 0.25) is 23.6 Å². The van der Waals surface area contributed by atoms with Gasteiger partial charge in [0.05, 0.1) is 35.9 Å². The molecule has 0 aromatic rings. The van der Waals surface area contributed by atoms with Gasteiger partial charge in [0.15, 0.2) is 0 Å². The lowest BCUT2D eigenvalue weighted by atomic mass is 9.56. The van der Waals surface area contributed by atoms with Crippen molar-refractivity contribution in [3.05, 3.63) is 0 Å². The highest BCUT2D eigenvalue weighted by Gasteiger charge is 2.56. The Hall–Kier alpha value is -2.08. The summed E-state index contributed by atoms with van der Waals surface area (Å²) in [6.07, 6.45) is 11.6. The Labute approximate surface area is 280 Å². The summed E-state index contributed by atoms with van der Waals surface area (Å²) in [5.41, 5.74) is 0. The van der Waals surface area contributed by atoms with Crippen LogP contribution >= 0.6 is 0 Å². The van der Waals surface area contributed by atoms with E-state index in [4.69, 9.17) is 0 Å². The number of imide groups is 1. The standard InChI is InChI=1S/C36H59N5O6/c42-27-21-23-9-11-25(27)31(29(23)33(44)37-13-7-19-40-15-3-1-4-16-40)35(46)39-36(47)32-26-12-10-24(22-28(26)43)30(32)34(45)38-14-8-20-41-17-5-2-6-18-41/h23-32,42-43H,1-22H2,(H,37,44)(H,38,45)(H,39,46,47). The number of rotatable bonds is 12. The van der Waals surface area contributed by atoms with Crippen molar-refractivity contribution < 1.29 is 29.4 Å². The molecule has 0 aromatic carbocycles. The number of carbonyl (C=O) groups excluding carboxylic acids is 4. The Morgan fingerprint density at radius 1 is 0.532 bits per heavy atom. The van der Waals surface area contributed by atoms with E-state index in [1.54, 1.807) is 0 Å². The van der Waals surface area contributed by atoms with Gasteiger partial charge in [0.1, 0.15) is 0 Å². The van der Waals surface area contributed by atoms with Crippen molar-refractivity contribution in [2.45, 2.75) is 102 Å². The fourth-order valence-corrected chi connectivity index (χ4v) is 10.4. The summed E-state index contributed by atoms with van der Waals surface area (Å²) in [6, 6.07) is 0. The Kier molecular flexibility index (Phi) is 11.9. The van der Waals surface area contributed by atoms with Crippen LogP contribution in [0.2, 0.25) is 0 Å². The van der Waals surface area contributed by atoms with Crippen molar-refractivity contribution in [3.8, 4) is 0 Å². The van der Waals surface area contributed by atoms with E-state index in [0.29, 0.717) is 38.8 Å². The average Bonchev–Trinajstić information content (AvgIpc) is 3.09. The SMILES string of the molecule is O=C(NCCCN1CCCCC1)C1C2CCC(C(O)C2)C1C(=O)NC(=O)C1C2CCC(CC2O)C1C(=O)NCCCN1CCCCC1. The smallest absolute Gasteiger partial charge is 0.230 e. The van der Waals surface area contributed by atoms with Crippen LogP contribution < -0.4 is 16.0 Å². The second-order valence-electron chi connectivity index (χ2n) is 15.7. The second-order valence-corrected chi connectivity index (χ2v) is 15.7. The topological polar surface area (TPSA) is 151 Å². The summed E-state index contributed by atoms with van der Waals surface area (Å²) < 4.78 is 0. The molecule has 11 heteroatoms. The second kappa shape index (κ2) is 16.1. The minimum atomic E-state index is -0.795. The number of nitrogens with zero attached hydrogens (tertiary/aromatic N) is 2. The van der Waals surface area contributed by atoms with E-state index >= 15 is 0 Å². The molecule has 264 valence electrons. The van der Waals surface area contributed by atoms with Gasteiger partial charge in [-0.1, -0.05) is 12.8 Å². The molecule has 0 spiro atoms. The molecular weight excluding hydrogens is 598 g/mol. The molecule has 0 aromatic heterocycles. The molecule has 4 bridgehead atoms. The number of amides is 4. The van der Waals surface area contributed by atoms with Crippen LogP contribution in [0.4, 0.5) is 0 Å². The van der Waals surface area contributed by atoms with Crippen LogP contribution in [0, 0.1) is 47.3 Å². The maximum atomic E-state index is 14.0. The average molecular weight is 658 g/mol. The van der Waals surface area contributed by atoms with Gasteiger partial charge in [-0.3, -0.25) is 24.5 Å². The van der Waals surface area contributed by atoms with E-state index in [0.717, 1.165) is 65.0 Å². The van der Waals surface area contributed by atoms with Gasteiger partial charge < -0.3 is 30.6 Å². The predicted octanol–water partition coefficient (Wildman–Crippen LogP) is 1.66. The number of aliphatic hydroxyl groups is 2. The number of aliphatic hydroxyl groups excluding tert-OH is 2. The quantitative estimate of drug-likeness (QED) is 0.157. The first-order valence-corrected chi connectivity index (χ1v) is 19.0. The van der Waals surface area contributed by atoms with E-state index in [2.05, 4.69) is 25.8 Å². The molecular formula is C36H59N5O6. The van der Waals surface area contributed by atoms with E-state index in [1.165, 1.54) is 38.5 Å². The largest absolute Gasteiger partial charge is 0.393 e. The zero-order chi connectivity index (χ0) is 32.9. The highest BCUT2D eigenvalue weighted by atomic mass is 16.3. The van der Waals surface area contributed by atoms with Gasteiger partial charge in [-0.25, -0.2) is 0 Å². The summed E-state index contributed by atoms with van der Waals surface area (Å²) in [4.78, 5) is 60.0. The summed E-state index contributed by atoms with van der Waals surface area (Å²) in [5, 5.41) is 30.6. The molecule has 8 fully saturated rings. The number of fused-ring (bicyclic) bond motifs is 6. The first-order chi connectivity index (χ1) is 22.8. The van der Waals surface area contributed by atoms with Crippen LogP contribution in [-0.2, 0) is 19.2 Å². The van der Waals surface area contributed by atoms with E-state index < -0.39 is 47.7 Å². The fraction of sp³-hybridized carbons (Fsp3) is 0.889. The molecule has 2 heterocycles. The first-order valence-electron chi connectivity index (χ1n) is 19.0. The molecule has 8 aliphatic rings. The normalized spacial score (nSPS) is 37.3. The van der Waals surface area contributed by atoms with Crippen molar-refractivity contribution in [1.29, 1.82) is 0 Å². The number of hydrogen-bond acceptors (Lipinski definition) is 8. The van der Waals surface area contributed by atoms with Crippen LogP contribution in [-0.4, -0.2) is 108 Å². The van der Waals surface area contributed by atoms with Crippen LogP contribution in [0.3, 0.4) is 0 Å². The summed E-state index contributed by atoms with van der Waals surface area (Å²) in [6.45, 7) is 7.39. The molecule has 6 aliphatic carbocycles. The Balaban J connectivity index is 1.07. The van der Waals surface area contributed by atoms with Gasteiger partial charge in [-0.05, 0) is 140 Å². The predicted molar refractivity (Wildman–Crippen MR) is 177 cm³/mol. The van der Waals surface area contributed by atoms with Crippen molar-refractivity contribution in [2.75, 3.05) is 52.4 Å².